The third kappa shape index (κ3) is 2.91. The first-order chi connectivity index (χ1) is 3.18. The standard InChI is InChI=1S/C2H8NO3P/c3-2(1-4)7(5)6/h2,4-6H,1,3H2/t2-/m0/s1. The van der Waals surface area contributed by atoms with Crippen molar-refractivity contribution in [2.75, 3.05) is 6.61 Å². The zero-order chi connectivity index (χ0) is 5.86. The minimum absolute atomic E-state index is 0.376. The van der Waals surface area contributed by atoms with E-state index in [1.54, 1.807) is 0 Å². The molecule has 5 heteroatoms. The largest absolute Gasteiger partial charge is 0.394 e. The van der Waals surface area contributed by atoms with Crippen molar-refractivity contribution in [3.8, 4) is 0 Å². The number of hydrogen-bond donors (Lipinski definition) is 4. The summed E-state index contributed by atoms with van der Waals surface area (Å²) in [4.78, 5) is 16.3. The molecule has 7 heavy (non-hydrogen) atoms. The molecule has 0 unspecified atom stereocenters. The second-order valence-electron chi connectivity index (χ2n) is 1.07. The highest BCUT2D eigenvalue weighted by molar-refractivity contribution is 7.45. The Hall–Kier alpha value is 0.270. The summed E-state index contributed by atoms with van der Waals surface area (Å²) in [6.45, 7) is -0.376. The van der Waals surface area contributed by atoms with Gasteiger partial charge >= 0.3 is 0 Å². The first-order valence-electron chi connectivity index (χ1n) is 1.72. The molecule has 44 valence electrons. The highest BCUT2D eigenvalue weighted by Gasteiger charge is 2.08. The third-order valence-electron chi connectivity index (χ3n) is 0.484. The van der Waals surface area contributed by atoms with Gasteiger partial charge in [-0.3, -0.25) is 0 Å². The quantitative estimate of drug-likeness (QED) is 0.340. The molecule has 0 saturated heterocycles. The average molecular weight is 125 g/mol. The van der Waals surface area contributed by atoms with Gasteiger partial charge in [-0.1, -0.05) is 0 Å². The van der Waals surface area contributed by atoms with E-state index >= 15 is 0 Å². The van der Waals surface area contributed by atoms with Crippen LogP contribution in [0.5, 0.6) is 0 Å². The van der Waals surface area contributed by atoms with Crippen LogP contribution in [0.15, 0.2) is 0 Å². The molecule has 0 heterocycles. The minimum atomic E-state index is -2.13. The van der Waals surface area contributed by atoms with Crippen molar-refractivity contribution in [1.29, 1.82) is 0 Å². The smallest absolute Gasteiger partial charge is 0.185 e. The lowest BCUT2D eigenvalue weighted by atomic mass is 10.7. The number of aliphatic hydroxyl groups is 1. The fraction of sp³-hybridized carbons (Fsp3) is 1.00. The van der Waals surface area contributed by atoms with Gasteiger partial charge in [-0.2, -0.15) is 0 Å². The van der Waals surface area contributed by atoms with Crippen LogP contribution in [-0.4, -0.2) is 27.3 Å². The molecule has 0 radical (unpaired) electrons. The van der Waals surface area contributed by atoms with Gasteiger partial charge < -0.3 is 20.6 Å². The highest BCUT2D eigenvalue weighted by atomic mass is 31.2. The van der Waals surface area contributed by atoms with E-state index in [4.69, 9.17) is 20.6 Å². The Labute approximate surface area is 42.5 Å². The summed E-state index contributed by atoms with van der Waals surface area (Å²) in [5, 5.41) is 8.08. The van der Waals surface area contributed by atoms with E-state index in [9.17, 15) is 0 Å². The van der Waals surface area contributed by atoms with Gasteiger partial charge in [0.2, 0.25) is 0 Å². The normalized spacial score (nSPS) is 15.0. The molecule has 0 saturated carbocycles. The monoisotopic (exact) mass is 125 g/mol. The first kappa shape index (κ1) is 7.27. The van der Waals surface area contributed by atoms with Crippen LogP contribution in [-0.2, 0) is 0 Å². The molecular weight excluding hydrogens is 117 g/mol. The summed E-state index contributed by atoms with van der Waals surface area (Å²) in [5.41, 5.74) is 4.89. The molecule has 5 N–H and O–H groups in total. The van der Waals surface area contributed by atoms with Gasteiger partial charge in [0.05, 0.1) is 12.4 Å². The van der Waals surface area contributed by atoms with Crippen LogP contribution in [0.2, 0.25) is 0 Å². The van der Waals surface area contributed by atoms with E-state index in [1.807, 2.05) is 0 Å². The topological polar surface area (TPSA) is 86.7 Å². The fourth-order valence-corrected chi connectivity index (χ4v) is 0.219. The van der Waals surface area contributed by atoms with E-state index in [2.05, 4.69) is 0 Å². The molecule has 0 aromatic carbocycles. The van der Waals surface area contributed by atoms with Crippen LogP contribution in [0, 0.1) is 0 Å². The minimum Gasteiger partial charge on any atom is -0.394 e. The average Bonchev–Trinajstić information content (AvgIpc) is 1.65. The molecule has 0 aliphatic carbocycles. The maximum atomic E-state index is 8.16. The molecule has 0 aliphatic heterocycles. The molecule has 1 atom stereocenters. The maximum Gasteiger partial charge on any atom is 0.185 e. The Bertz CT molecular complexity index is 50.2. The molecule has 0 amide bonds. The molecule has 0 fully saturated rings. The Morgan fingerprint density at radius 1 is 1.57 bits per heavy atom. The summed E-state index contributed by atoms with van der Waals surface area (Å²) < 4.78 is 0. The molecule has 0 aromatic heterocycles. The number of aliphatic hydroxyl groups excluding tert-OH is 1. The van der Waals surface area contributed by atoms with Gasteiger partial charge in [-0.25, -0.2) is 0 Å². The second-order valence-corrected chi connectivity index (χ2v) is 2.37. The van der Waals surface area contributed by atoms with Crippen LogP contribution in [0.25, 0.3) is 0 Å². The van der Waals surface area contributed by atoms with Crippen LogP contribution in [0.3, 0.4) is 0 Å². The summed E-state index contributed by atoms with van der Waals surface area (Å²) in [6.07, 6.45) is 0. The van der Waals surface area contributed by atoms with Crippen molar-refractivity contribution in [2.45, 2.75) is 5.78 Å². The van der Waals surface area contributed by atoms with Gasteiger partial charge in [0.25, 0.3) is 0 Å². The lowest BCUT2D eigenvalue weighted by molar-refractivity contribution is 0.283. The van der Waals surface area contributed by atoms with Crippen molar-refractivity contribution >= 4 is 8.38 Å². The number of rotatable bonds is 2. The Morgan fingerprint density at radius 2 is 2.00 bits per heavy atom. The molecular formula is C2H8NO3P. The van der Waals surface area contributed by atoms with Crippen LogP contribution in [0.1, 0.15) is 0 Å². The van der Waals surface area contributed by atoms with E-state index in [0.717, 1.165) is 0 Å². The SMILES string of the molecule is N[C@H](CO)P(O)O. The second kappa shape index (κ2) is 3.29. The molecule has 0 aromatic rings. The van der Waals surface area contributed by atoms with Gasteiger partial charge in [-0.15, -0.1) is 0 Å². The van der Waals surface area contributed by atoms with Gasteiger partial charge in [0.15, 0.2) is 8.38 Å². The fourth-order valence-electron chi connectivity index (χ4n) is 0.0730. The summed E-state index contributed by atoms with van der Waals surface area (Å²) in [6, 6.07) is 0. The molecule has 4 nitrogen and oxygen atoms in total. The van der Waals surface area contributed by atoms with Gasteiger partial charge in [-0.05, 0) is 0 Å². The van der Waals surface area contributed by atoms with E-state index < -0.39 is 14.2 Å². The van der Waals surface area contributed by atoms with Gasteiger partial charge in [0.1, 0.15) is 0 Å². The number of nitrogens with two attached hydrogens (primary N) is 1. The van der Waals surface area contributed by atoms with E-state index in [0.29, 0.717) is 0 Å². The molecule has 0 spiro atoms. The van der Waals surface area contributed by atoms with Crippen LogP contribution < -0.4 is 5.73 Å². The van der Waals surface area contributed by atoms with Crippen molar-refractivity contribution in [3.05, 3.63) is 0 Å². The molecule has 0 rings (SSSR count). The Kier molecular flexibility index (Phi) is 3.42. The molecule has 0 aliphatic rings. The Balaban J connectivity index is 3.14. The number of hydrogen-bond acceptors (Lipinski definition) is 4. The summed E-state index contributed by atoms with van der Waals surface area (Å²) in [5.74, 6) is -0.866. The summed E-state index contributed by atoms with van der Waals surface area (Å²) in [7, 11) is -2.13. The Morgan fingerprint density at radius 3 is 2.00 bits per heavy atom. The zero-order valence-corrected chi connectivity index (χ0v) is 4.55. The van der Waals surface area contributed by atoms with Crippen molar-refractivity contribution < 1.29 is 14.9 Å². The van der Waals surface area contributed by atoms with Crippen molar-refractivity contribution in [2.24, 2.45) is 5.73 Å². The lowest BCUT2D eigenvalue weighted by Crippen LogP contribution is -2.21. The lowest BCUT2D eigenvalue weighted by Gasteiger charge is -2.06. The van der Waals surface area contributed by atoms with E-state index in [-0.39, 0.29) is 6.61 Å². The zero-order valence-electron chi connectivity index (χ0n) is 3.65. The summed E-state index contributed by atoms with van der Waals surface area (Å²) >= 11 is 0. The van der Waals surface area contributed by atoms with Crippen molar-refractivity contribution in [1.82, 2.24) is 0 Å². The van der Waals surface area contributed by atoms with E-state index in [1.165, 1.54) is 0 Å². The highest BCUT2D eigenvalue weighted by Crippen LogP contribution is 2.25. The molecule has 0 bridgehead atoms. The third-order valence-corrected chi connectivity index (χ3v) is 1.24. The predicted molar refractivity (Wildman–Crippen MR) is 26.4 cm³/mol. The first-order valence-corrected chi connectivity index (χ1v) is 3.03. The van der Waals surface area contributed by atoms with Crippen LogP contribution in [0.4, 0.5) is 0 Å². The van der Waals surface area contributed by atoms with Gasteiger partial charge in [0, 0.05) is 0 Å². The maximum absolute atomic E-state index is 8.16. The van der Waals surface area contributed by atoms with Crippen molar-refractivity contribution in [3.63, 3.8) is 0 Å². The predicted octanol–water partition coefficient (Wildman–Crippen LogP) is -1.44. The van der Waals surface area contributed by atoms with Crippen LogP contribution >= 0.6 is 8.38 Å².